The first-order valence-corrected chi connectivity index (χ1v) is 7.26. The van der Waals surface area contributed by atoms with Gasteiger partial charge in [-0.25, -0.2) is 0 Å². The van der Waals surface area contributed by atoms with E-state index in [1.54, 1.807) is 0 Å². The molecule has 1 N–H and O–H groups in total. The van der Waals surface area contributed by atoms with Crippen molar-refractivity contribution in [2.75, 3.05) is 26.3 Å². The van der Waals surface area contributed by atoms with Gasteiger partial charge in [0.15, 0.2) is 0 Å². The molecule has 0 spiro atoms. The topological polar surface area (TPSA) is 49.8 Å². The third-order valence-corrected chi connectivity index (χ3v) is 5.19. The van der Waals surface area contributed by atoms with Crippen LogP contribution in [-0.4, -0.2) is 48.3 Å². The number of aliphatic carboxylic acids is 1. The van der Waals surface area contributed by atoms with Gasteiger partial charge in [-0.05, 0) is 38.1 Å². The number of carbonyl (C=O) groups is 1. The van der Waals surface area contributed by atoms with Gasteiger partial charge in [-0.2, -0.15) is 0 Å². The van der Waals surface area contributed by atoms with Gasteiger partial charge < -0.3 is 9.84 Å². The Labute approximate surface area is 108 Å². The van der Waals surface area contributed by atoms with E-state index >= 15 is 0 Å². The van der Waals surface area contributed by atoms with Crippen molar-refractivity contribution in [3.05, 3.63) is 0 Å². The zero-order valence-electron chi connectivity index (χ0n) is 10.9. The number of hydrogen-bond acceptors (Lipinski definition) is 3. The Bertz CT molecular complexity index is 325. The molecule has 0 aromatic heterocycles. The summed E-state index contributed by atoms with van der Waals surface area (Å²) in [5, 5.41) is 9.51. The minimum atomic E-state index is -0.667. The van der Waals surface area contributed by atoms with E-state index in [2.05, 4.69) is 4.90 Å². The Hall–Kier alpha value is -0.610. The molecule has 3 rings (SSSR count). The van der Waals surface area contributed by atoms with Crippen molar-refractivity contribution in [1.29, 1.82) is 0 Å². The predicted octanol–water partition coefficient (Wildman–Crippen LogP) is 1.74. The van der Waals surface area contributed by atoms with E-state index in [0.717, 1.165) is 12.5 Å². The van der Waals surface area contributed by atoms with Crippen molar-refractivity contribution in [2.24, 2.45) is 11.3 Å². The molecular weight excluding hydrogens is 230 g/mol. The largest absolute Gasteiger partial charge is 0.481 e. The van der Waals surface area contributed by atoms with E-state index in [9.17, 15) is 9.90 Å². The van der Waals surface area contributed by atoms with E-state index in [0.29, 0.717) is 32.2 Å². The van der Waals surface area contributed by atoms with Crippen LogP contribution in [-0.2, 0) is 9.53 Å². The SMILES string of the molecule is O=C(O)C1(CN2CCC3CCCCC32)CCOC1. The summed E-state index contributed by atoms with van der Waals surface area (Å²) in [5.41, 5.74) is -0.633. The number of rotatable bonds is 3. The van der Waals surface area contributed by atoms with Crippen molar-refractivity contribution < 1.29 is 14.6 Å². The summed E-state index contributed by atoms with van der Waals surface area (Å²) in [6, 6.07) is 0.649. The maximum absolute atomic E-state index is 11.6. The van der Waals surface area contributed by atoms with Crippen molar-refractivity contribution >= 4 is 5.97 Å². The molecule has 102 valence electrons. The van der Waals surface area contributed by atoms with Crippen molar-refractivity contribution in [3.63, 3.8) is 0 Å². The van der Waals surface area contributed by atoms with Crippen molar-refractivity contribution in [3.8, 4) is 0 Å². The first-order chi connectivity index (χ1) is 8.71. The lowest BCUT2D eigenvalue weighted by molar-refractivity contribution is -0.150. The number of ether oxygens (including phenoxy) is 1. The van der Waals surface area contributed by atoms with Crippen LogP contribution in [0.4, 0.5) is 0 Å². The van der Waals surface area contributed by atoms with Crippen LogP contribution in [0, 0.1) is 11.3 Å². The average Bonchev–Trinajstić information content (AvgIpc) is 2.99. The molecule has 1 aliphatic carbocycles. The summed E-state index contributed by atoms with van der Waals surface area (Å²) < 4.78 is 5.36. The zero-order valence-corrected chi connectivity index (χ0v) is 10.9. The molecule has 0 aromatic carbocycles. The fourth-order valence-corrected chi connectivity index (χ4v) is 4.06. The smallest absolute Gasteiger partial charge is 0.313 e. The van der Waals surface area contributed by atoms with E-state index in [1.807, 2.05) is 0 Å². The lowest BCUT2D eigenvalue weighted by Gasteiger charge is -2.36. The summed E-state index contributed by atoms with van der Waals surface area (Å²) in [7, 11) is 0. The van der Waals surface area contributed by atoms with Crippen molar-refractivity contribution in [1.82, 2.24) is 4.90 Å². The van der Waals surface area contributed by atoms with Crippen LogP contribution in [0.3, 0.4) is 0 Å². The fourth-order valence-electron chi connectivity index (χ4n) is 4.06. The van der Waals surface area contributed by atoms with Gasteiger partial charge in [0.25, 0.3) is 0 Å². The molecule has 2 heterocycles. The minimum absolute atomic E-state index is 0.399. The quantitative estimate of drug-likeness (QED) is 0.832. The number of carboxylic acid groups (broad SMARTS) is 1. The molecule has 3 unspecified atom stereocenters. The predicted molar refractivity (Wildman–Crippen MR) is 67.4 cm³/mol. The molecule has 1 saturated carbocycles. The van der Waals surface area contributed by atoms with Gasteiger partial charge in [-0.15, -0.1) is 0 Å². The first-order valence-electron chi connectivity index (χ1n) is 7.26. The molecule has 0 bridgehead atoms. The standard InChI is InChI=1S/C14H23NO3/c16-13(17)14(6-8-18-10-14)9-15-7-5-11-3-1-2-4-12(11)15/h11-12H,1-10H2,(H,16,17). The Morgan fingerprint density at radius 1 is 1.33 bits per heavy atom. The van der Waals surface area contributed by atoms with E-state index in [-0.39, 0.29) is 0 Å². The van der Waals surface area contributed by atoms with Gasteiger partial charge in [-0.3, -0.25) is 9.69 Å². The second kappa shape index (κ2) is 4.82. The summed E-state index contributed by atoms with van der Waals surface area (Å²) in [6.45, 7) is 2.79. The molecule has 4 heteroatoms. The highest BCUT2D eigenvalue weighted by molar-refractivity contribution is 5.75. The lowest BCUT2D eigenvalue weighted by atomic mass is 9.83. The maximum atomic E-state index is 11.6. The number of hydrogen-bond donors (Lipinski definition) is 1. The molecule has 2 aliphatic heterocycles. The number of fused-ring (bicyclic) bond motifs is 1. The maximum Gasteiger partial charge on any atom is 0.313 e. The number of likely N-dealkylation sites (tertiary alicyclic amines) is 1. The van der Waals surface area contributed by atoms with Crippen LogP contribution in [0.1, 0.15) is 38.5 Å². The third-order valence-electron chi connectivity index (χ3n) is 5.19. The van der Waals surface area contributed by atoms with E-state index in [4.69, 9.17) is 4.74 Å². The van der Waals surface area contributed by atoms with Crippen LogP contribution in [0.2, 0.25) is 0 Å². The molecule has 0 aromatic rings. The Morgan fingerprint density at radius 2 is 2.17 bits per heavy atom. The Morgan fingerprint density at radius 3 is 2.89 bits per heavy atom. The van der Waals surface area contributed by atoms with Gasteiger partial charge >= 0.3 is 5.97 Å². The summed E-state index contributed by atoms with van der Waals surface area (Å²) >= 11 is 0. The molecule has 3 aliphatic rings. The molecule has 3 atom stereocenters. The Balaban J connectivity index is 1.70. The summed E-state index contributed by atoms with van der Waals surface area (Å²) in [4.78, 5) is 14.0. The molecule has 18 heavy (non-hydrogen) atoms. The minimum Gasteiger partial charge on any atom is -0.481 e. The van der Waals surface area contributed by atoms with E-state index < -0.39 is 11.4 Å². The second-order valence-electron chi connectivity index (χ2n) is 6.26. The van der Waals surface area contributed by atoms with E-state index in [1.165, 1.54) is 32.1 Å². The normalized spacial score (nSPS) is 40.9. The summed E-state index contributed by atoms with van der Waals surface area (Å²) in [6.07, 6.45) is 7.23. The van der Waals surface area contributed by atoms with Gasteiger partial charge in [0.05, 0.1) is 6.61 Å². The monoisotopic (exact) mass is 253 g/mol. The average molecular weight is 253 g/mol. The van der Waals surface area contributed by atoms with Gasteiger partial charge in [0.2, 0.25) is 0 Å². The van der Waals surface area contributed by atoms with Crippen LogP contribution < -0.4 is 0 Å². The van der Waals surface area contributed by atoms with Gasteiger partial charge in [0, 0.05) is 19.2 Å². The zero-order chi connectivity index (χ0) is 12.6. The van der Waals surface area contributed by atoms with Crippen molar-refractivity contribution in [2.45, 2.75) is 44.6 Å². The number of nitrogens with zero attached hydrogens (tertiary/aromatic N) is 1. The highest BCUT2D eigenvalue weighted by atomic mass is 16.5. The van der Waals surface area contributed by atoms with Crippen LogP contribution in [0.25, 0.3) is 0 Å². The second-order valence-corrected chi connectivity index (χ2v) is 6.26. The van der Waals surface area contributed by atoms with Crippen LogP contribution in [0.5, 0.6) is 0 Å². The van der Waals surface area contributed by atoms with Crippen LogP contribution >= 0.6 is 0 Å². The van der Waals surface area contributed by atoms with Gasteiger partial charge in [0.1, 0.15) is 5.41 Å². The fraction of sp³-hybridized carbons (Fsp3) is 0.929. The van der Waals surface area contributed by atoms with Gasteiger partial charge in [-0.1, -0.05) is 12.8 Å². The molecule has 4 nitrogen and oxygen atoms in total. The van der Waals surface area contributed by atoms with Crippen LogP contribution in [0.15, 0.2) is 0 Å². The third kappa shape index (κ3) is 2.05. The molecular formula is C14H23NO3. The Kier molecular flexibility index (Phi) is 3.32. The number of carboxylic acids is 1. The molecule has 2 saturated heterocycles. The first kappa shape index (κ1) is 12.4. The highest BCUT2D eigenvalue weighted by Crippen LogP contribution is 2.39. The summed E-state index contributed by atoms with van der Waals surface area (Å²) in [5.74, 6) is 0.158. The molecule has 0 radical (unpaired) electrons. The molecule has 0 amide bonds. The lowest BCUT2D eigenvalue weighted by Crippen LogP contribution is -2.46. The highest BCUT2D eigenvalue weighted by Gasteiger charge is 2.47. The molecule has 3 fully saturated rings.